The van der Waals surface area contributed by atoms with Crippen molar-refractivity contribution in [2.24, 2.45) is 0 Å². The normalized spacial score (nSPS) is 19.5. The second-order valence-electron chi connectivity index (χ2n) is 7.54. The first kappa shape index (κ1) is 17.9. The minimum atomic E-state index is -0.120. The fourth-order valence-electron chi connectivity index (χ4n) is 2.09. The highest BCUT2D eigenvalue weighted by Gasteiger charge is 2.21. The number of piperidine rings is 1. The van der Waals surface area contributed by atoms with Crippen LogP contribution in [0, 0.1) is 0 Å². The fraction of sp³-hybridized carbons (Fsp3) is 1.00. The van der Waals surface area contributed by atoms with Gasteiger partial charge in [0.1, 0.15) is 6.79 Å². The zero-order valence-corrected chi connectivity index (χ0v) is 14.2. The number of ether oxygens (including phenoxy) is 3. The van der Waals surface area contributed by atoms with E-state index in [4.69, 9.17) is 14.2 Å². The van der Waals surface area contributed by atoms with Crippen molar-refractivity contribution >= 4 is 0 Å². The van der Waals surface area contributed by atoms with Gasteiger partial charge in [0.2, 0.25) is 0 Å². The molecule has 1 aliphatic rings. The molecule has 1 fully saturated rings. The maximum atomic E-state index is 5.79. The first-order valence-corrected chi connectivity index (χ1v) is 7.78. The third kappa shape index (κ3) is 8.90. The molecule has 0 unspecified atom stereocenters. The molecular formula is C16H33NO3. The molecule has 1 heterocycles. The lowest BCUT2D eigenvalue weighted by atomic mass is 10.1. The smallest absolute Gasteiger partial charge is 0.147 e. The van der Waals surface area contributed by atoms with Crippen LogP contribution in [0.2, 0.25) is 0 Å². The van der Waals surface area contributed by atoms with Gasteiger partial charge in [0.05, 0.1) is 23.9 Å². The molecule has 0 aromatic carbocycles. The minimum Gasteiger partial charge on any atom is -0.375 e. The van der Waals surface area contributed by atoms with Gasteiger partial charge in [-0.15, -0.1) is 0 Å². The van der Waals surface area contributed by atoms with Gasteiger partial charge < -0.3 is 19.1 Å². The Hall–Kier alpha value is -0.160. The molecule has 4 nitrogen and oxygen atoms in total. The number of hydrogen-bond acceptors (Lipinski definition) is 4. The Balaban J connectivity index is 2.08. The van der Waals surface area contributed by atoms with E-state index in [0.29, 0.717) is 12.9 Å². The lowest BCUT2D eigenvalue weighted by molar-refractivity contribution is -0.151. The second-order valence-corrected chi connectivity index (χ2v) is 7.54. The molecule has 0 radical (unpaired) electrons. The van der Waals surface area contributed by atoms with Crippen molar-refractivity contribution in [2.45, 2.75) is 71.7 Å². The van der Waals surface area contributed by atoms with Crippen LogP contribution in [0.15, 0.2) is 0 Å². The Morgan fingerprint density at radius 3 is 1.95 bits per heavy atom. The number of nitrogens with zero attached hydrogens (tertiary/aromatic N) is 1. The second kappa shape index (κ2) is 7.74. The highest BCUT2D eigenvalue weighted by molar-refractivity contribution is 4.72. The number of rotatable bonds is 6. The van der Waals surface area contributed by atoms with Gasteiger partial charge in [0.25, 0.3) is 0 Å². The van der Waals surface area contributed by atoms with E-state index in [2.05, 4.69) is 25.7 Å². The average molecular weight is 287 g/mol. The standard InChI is InChI=1S/C16H33NO3/c1-15(2,3)19-12-11-17-9-7-14(8-10-17)18-13-20-16(4,5)6/h14H,7-13H2,1-6H3. The minimum absolute atomic E-state index is 0.0360. The zero-order chi connectivity index (χ0) is 15.2. The van der Waals surface area contributed by atoms with Crippen LogP contribution in [0.1, 0.15) is 54.4 Å². The summed E-state index contributed by atoms with van der Waals surface area (Å²) in [5, 5.41) is 0. The van der Waals surface area contributed by atoms with E-state index in [1.54, 1.807) is 0 Å². The summed E-state index contributed by atoms with van der Waals surface area (Å²) in [4.78, 5) is 2.45. The van der Waals surface area contributed by atoms with Gasteiger partial charge >= 0.3 is 0 Å². The monoisotopic (exact) mass is 287 g/mol. The predicted octanol–water partition coefficient (Wildman–Crippen LogP) is 3.06. The molecular weight excluding hydrogens is 254 g/mol. The molecule has 0 bridgehead atoms. The van der Waals surface area contributed by atoms with Crippen LogP contribution in [0.3, 0.4) is 0 Å². The first-order chi connectivity index (χ1) is 9.16. The van der Waals surface area contributed by atoms with Crippen molar-refractivity contribution in [1.82, 2.24) is 4.90 Å². The zero-order valence-electron chi connectivity index (χ0n) is 14.2. The Bertz CT molecular complexity index is 232. The van der Waals surface area contributed by atoms with Crippen molar-refractivity contribution < 1.29 is 14.2 Å². The summed E-state index contributed by atoms with van der Waals surface area (Å²) in [5.74, 6) is 0. The van der Waals surface area contributed by atoms with Crippen molar-refractivity contribution in [3.05, 3.63) is 0 Å². The van der Waals surface area contributed by atoms with E-state index in [9.17, 15) is 0 Å². The van der Waals surface area contributed by atoms with Gasteiger partial charge in [-0.2, -0.15) is 0 Å². The Labute approximate surface area is 124 Å². The van der Waals surface area contributed by atoms with Gasteiger partial charge in [0.15, 0.2) is 0 Å². The highest BCUT2D eigenvalue weighted by atomic mass is 16.7. The van der Waals surface area contributed by atoms with Gasteiger partial charge in [-0.3, -0.25) is 0 Å². The molecule has 0 aromatic rings. The van der Waals surface area contributed by atoms with E-state index in [-0.39, 0.29) is 11.2 Å². The molecule has 0 spiro atoms. The van der Waals surface area contributed by atoms with E-state index in [0.717, 1.165) is 39.1 Å². The van der Waals surface area contributed by atoms with Crippen LogP contribution in [0.25, 0.3) is 0 Å². The summed E-state index contributed by atoms with van der Waals surface area (Å²) in [6.07, 6.45) is 2.52. The quantitative estimate of drug-likeness (QED) is 0.703. The SMILES string of the molecule is CC(C)(C)OCCN1CCC(OCOC(C)(C)C)CC1. The van der Waals surface area contributed by atoms with E-state index in [1.165, 1.54) is 0 Å². The van der Waals surface area contributed by atoms with Crippen molar-refractivity contribution in [3.63, 3.8) is 0 Å². The van der Waals surface area contributed by atoms with Gasteiger partial charge in [-0.1, -0.05) is 0 Å². The Kier molecular flexibility index (Phi) is 6.92. The molecule has 1 rings (SSSR count). The van der Waals surface area contributed by atoms with Crippen molar-refractivity contribution in [1.29, 1.82) is 0 Å². The summed E-state index contributed by atoms with van der Waals surface area (Å²) in [7, 11) is 0. The van der Waals surface area contributed by atoms with Crippen LogP contribution >= 0.6 is 0 Å². The number of likely N-dealkylation sites (tertiary alicyclic amines) is 1. The molecule has 1 saturated heterocycles. The van der Waals surface area contributed by atoms with Crippen LogP contribution in [-0.2, 0) is 14.2 Å². The highest BCUT2D eigenvalue weighted by Crippen LogP contribution is 2.15. The molecule has 4 heteroatoms. The maximum Gasteiger partial charge on any atom is 0.147 e. The van der Waals surface area contributed by atoms with E-state index in [1.807, 2.05) is 20.8 Å². The Morgan fingerprint density at radius 1 is 0.900 bits per heavy atom. The van der Waals surface area contributed by atoms with Gasteiger partial charge in [-0.05, 0) is 54.4 Å². The van der Waals surface area contributed by atoms with Gasteiger partial charge in [-0.25, -0.2) is 0 Å². The molecule has 0 N–H and O–H groups in total. The fourth-order valence-corrected chi connectivity index (χ4v) is 2.09. The third-order valence-electron chi connectivity index (χ3n) is 3.27. The van der Waals surface area contributed by atoms with Crippen molar-refractivity contribution in [3.8, 4) is 0 Å². The van der Waals surface area contributed by atoms with Crippen LogP contribution in [-0.4, -0.2) is 55.2 Å². The molecule has 1 aliphatic heterocycles. The Morgan fingerprint density at radius 2 is 1.45 bits per heavy atom. The molecule has 0 amide bonds. The van der Waals surface area contributed by atoms with E-state index < -0.39 is 0 Å². The summed E-state index contributed by atoms with van der Waals surface area (Å²) in [6, 6.07) is 0. The summed E-state index contributed by atoms with van der Waals surface area (Å²) in [6.45, 7) is 16.9. The van der Waals surface area contributed by atoms with Crippen LogP contribution < -0.4 is 0 Å². The predicted molar refractivity (Wildman–Crippen MR) is 82.0 cm³/mol. The number of hydrogen-bond donors (Lipinski definition) is 0. The van der Waals surface area contributed by atoms with Crippen molar-refractivity contribution in [2.75, 3.05) is 33.0 Å². The van der Waals surface area contributed by atoms with E-state index >= 15 is 0 Å². The molecule has 120 valence electrons. The molecule has 0 aliphatic carbocycles. The molecule has 0 aromatic heterocycles. The summed E-state index contributed by atoms with van der Waals surface area (Å²) < 4.78 is 17.2. The lowest BCUT2D eigenvalue weighted by Crippen LogP contribution is -2.40. The summed E-state index contributed by atoms with van der Waals surface area (Å²) >= 11 is 0. The lowest BCUT2D eigenvalue weighted by Gasteiger charge is -2.33. The topological polar surface area (TPSA) is 30.9 Å². The maximum absolute atomic E-state index is 5.79. The largest absolute Gasteiger partial charge is 0.375 e. The molecule has 20 heavy (non-hydrogen) atoms. The van der Waals surface area contributed by atoms with Gasteiger partial charge in [0, 0.05) is 19.6 Å². The van der Waals surface area contributed by atoms with Crippen LogP contribution in [0.5, 0.6) is 0 Å². The first-order valence-electron chi connectivity index (χ1n) is 7.78. The molecule has 0 saturated carbocycles. The average Bonchev–Trinajstić information content (AvgIpc) is 2.28. The summed E-state index contributed by atoms with van der Waals surface area (Å²) in [5.41, 5.74) is -0.156. The molecule has 0 atom stereocenters. The third-order valence-corrected chi connectivity index (χ3v) is 3.27. The van der Waals surface area contributed by atoms with Crippen LogP contribution in [0.4, 0.5) is 0 Å².